The number of rotatable bonds is 8. The Morgan fingerprint density at radius 2 is 1.75 bits per heavy atom. The average molecular weight is 437 g/mol. The van der Waals surface area contributed by atoms with Gasteiger partial charge in [0.25, 0.3) is 0 Å². The van der Waals surface area contributed by atoms with Crippen molar-refractivity contribution in [2.75, 3.05) is 13.2 Å². The highest BCUT2D eigenvalue weighted by Crippen LogP contribution is 2.40. The Morgan fingerprint density at radius 1 is 1.00 bits per heavy atom. The van der Waals surface area contributed by atoms with E-state index in [0.29, 0.717) is 24.4 Å². The molecule has 1 heterocycles. The van der Waals surface area contributed by atoms with E-state index in [-0.39, 0.29) is 5.82 Å². The second-order valence-corrected chi connectivity index (χ2v) is 9.49. The lowest BCUT2D eigenvalue weighted by molar-refractivity contribution is -0.0572. The Kier molecular flexibility index (Phi) is 8.02. The van der Waals surface area contributed by atoms with Crippen LogP contribution in [0, 0.1) is 17.7 Å². The molecule has 3 heteroatoms. The van der Waals surface area contributed by atoms with Crippen molar-refractivity contribution >= 4 is 0 Å². The number of allylic oxidation sites excluding steroid dienone is 1. The van der Waals surface area contributed by atoms with Gasteiger partial charge >= 0.3 is 0 Å². The molecule has 32 heavy (non-hydrogen) atoms. The van der Waals surface area contributed by atoms with E-state index >= 15 is 0 Å². The van der Waals surface area contributed by atoms with Crippen LogP contribution < -0.4 is 4.74 Å². The fourth-order valence-corrected chi connectivity index (χ4v) is 5.50. The first kappa shape index (κ1) is 23.0. The fraction of sp³-hybridized carbons (Fsp3) is 0.517. The molecular formula is C29H37FO2. The van der Waals surface area contributed by atoms with E-state index in [9.17, 15) is 4.39 Å². The van der Waals surface area contributed by atoms with Crippen LogP contribution in [0.4, 0.5) is 4.39 Å². The minimum Gasteiger partial charge on any atom is -0.491 e. The summed E-state index contributed by atoms with van der Waals surface area (Å²) in [6.45, 7) is 7.11. The third-order valence-electron chi connectivity index (χ3n) is 7.43. The average Bonchev–Trinajstić information content (AvgIpc) is 2.85. The van der Waals surface area contributed by atoms with Crippen molar-refractivity contribution < 1.29 is 13.9 Å². The third-order valence-corrected chi connectivity index (χ3v) is 7.43. The predicted molar refractivity (Wildman–Crippen MR) is 130 cm³/mol. The van der Waals surface area contributed by atoms with Crippen molar-refractivity contribution in [1.29, 1.82) is 0 Å². The Hall–Kier alpha value is -2.13. The van der Waals surface area contributed by atoms with Crippen LogP contribution in [0.3, 0.4) is 0 Å². The summed E-state index contributed by atoms with van der Waals surface area (Å²) >= 11 is 0. The lowest BCUT2D eigenvalue weighted by Gasteiger charge is -2.38. The van der Waals surface area contributed by atoms with Crippen molar-refractivity contribution in [2.24, 2.45) is 11.8 Å². The van der Waals surface area contributed by atoms with Crippen molar-refractivity contribution in [3.63, 3.8) is 0 Å². The molecule has 2 aromatic carbocycles. The van der Waals surface area contributed by atoms with Gasteiger partial charge in [-0.15, -0.1) is 6.58 Å². The first-order chi connectivity index (χ1) is 15.7. The Morgan fingerprint density at radius 3 is 2.38 bits per heavy atom. The maximum absolute atomic E-state index is 14.2. The Balaban J connectivity index is 1.29. The van der Waals surface area contributed by atoms with E-state index in [1.165, 1.54) is 50.5 Å². The Labute approximate surface area is 192 Å². The van der Waals surface area contributed by atoms with Gasteiger partial charge in [0.2, 0.25) is 0 Å². The van der Waals surface area contributed by atoms with Crippen LogP contribution in [0.1, 0.15) is 69.8 Å². The molecule has 1 saturated carbocycles. The molecule has 4 rings (SSSR count). The fourth-order valence-electron chi connectivity index (χ4n) is 5.50. The largest absolute Gasteiger partial charge is 0.491 e. The summed E-state index contributed by atoms with van der Waals surface area (Å²) in [5.74, 6) is 2.09. The minimum atomic E-state index is -0.302. The van der Waals surface area contributed by atoms with Gasteiger partial charge < -0.3 is 9.47 Å². The van der Waals surface area contributed by atoms with E-state index in [1.807, 2.05) is 19.1 Å². The highest BCUT2D eigenvalue weighted by molar-refractivity contribution is 5.64. The van der Waals surface area contributed by atoms with E-state index in [1.54, 1.807) is 12.1 Å². The number of ether oxygens (including phenoxy) is 2. The molecule has 0 spiro atoms. The zero-order valence-electron chi connectivity index (χ0n) is 19.4. The van der Waals surface area contributed by atoms with Crippen LogP contribution in [0.2, 0.25) is 0 Å². The molecule has 1 aliphatic heterocycles. The number of hydrogen-bond acceptors (Lipinski definition) is 2. The first-order valence-electron chi connectivity index (χ1n) is 12.4. The van der Waals surface area contributed by atoms with Gasteiger partial charge in [-0.3, -0.25) is 0 Å². The molecule has 2 fully saturated rings. The third kappa shape index (κ3) is 5.61. The molecule has 2 atom stereocenters. The molecule has 0 aromatic heterocycles. The topological polar surface area (TPSA) is 18.5 Å². The molecular weight excluding hydrogens is 399 g/mol. The summed E-state index contributed by atoms with van der Waals surface area (Å²) in [5.41, 5.74) is 3.35. The summed E-state index contributed by atoms with van der Waals surface area (Å²) in [7, 11) is 0. The van der Waals surface area contributed by atoms with Crippen molar-refractivity contribution in [1.82, 2.24) is 0 Å². The van der Waals surface area contributed by atoms with Gasteiger partial charge in [0.1, 0.15) is 0 Å². The lowest BCUT2D eigenvalue weighted by Crippen LogP contribution is -2.34. The maximum atomic E-state index is 14.2. The summed E-state index contributed by atoms with van der Waals surface area (Å²) in [6, 6.07) is 13.9. The van der Waals surface area contributed by atoms with Crippen LogP contribution in [0.25, 0.3) is 11.1 Å². The highest BCUT2D eigenvalue weighted by Gasteiger charge is 2.31. The molecule has 172 valence electrons. The van der Waals surface area contributed by atoms with Crippen LogP contribution in [-0.4, -0.2) is 19.3 Å². The van der Waals surface area contributed by atoms with E-state index in [0.717, 1.165) is 36.0 Å². The van der Waals surface area contributed by atoms with Crippen LogP contribution >= 0.6 is 0 Å². The van der Waals surface area contributed by atoms with Crippen LogP contribution in [0.15, 0.2) is 55.1 Å². The maximum Gasteiger partial charge on any atom is 0.165 e. The van der Waals surface area contributed by atoms with E-state index in [4.69, 9.17) is 9.47 Å². The van der Waals surface area contributed by atoms with Gasteiger partial charge in [0.05, 0.1) is 12.7 Å². The second-order valence-electron chi connectivity index (χ2n) is 9.49. The summed E-state index contributed by atoms with van der Waals surface area (Å²) in [4.78, 5) is 0. The zero-order chi connectivity index (χ0) is 22.3. The summed E-state index contributed by atoms with van der Waals surface area (Å²) in [5, 5.41) is 0. The van der Waals surface area contributed by atoms with Crippen LogP contribution in [-0.2, 0) is 4.74 Å². The molecule has 0 N–H and O–H groups in total. The standard InChI is InChI=1S/C29H37FO2/c1-3-5-6-21-7-17-28(32-20-21)25-14-12-23(13-15-25)22-8-10-24(11-9-22)26-16-18-29(31-4-2)27(30)19-26/h3,8-11,16,18-19,21,23,25,28H,1,4-7,12-15,17,20H2,2H3. The van der Waals surface area contributed by atoms with Crippen molar-refractivity contribution in [3.8, 4) is 16.9 Å². The summed E-state index contributed by atoms with van der Waals surface area (Å²) in [6.07, 6.45) is 12.4. The smallest absolute Gasteiger partial charge is 0.165 e. The van der Waals surface area contributed by atoms with Gasteiger partial charge in [-0.2, -0.15) is 0 Å². The SMILES string of the molecule is C=CCCC1CCC(C2CCC(c3ccc(-c4ccc(OCC)c(F)c4)cc3)CC2)OC1. The molecule has 1 saturated heterocycles. The second kappa shape index (κ2) is 11.1. The first-order valence-corrected chi connectivity index (χ1v) is 12.4. The highest BCUT2D eigenvalue weighted by atomic mass is 19.1. The van der Waals surface area contributed by atoms with E-state index in [2.05, 4.69) is 30.8 Å². The molecule has 0 bridgehead atoms. The van der Waals surface area contributed by atoms with Crippen molar-refractivity contribution in [3.05, 3.63) is 66.5 Å². The molecule has 0 amide bonds. The molecule has 2 aromatic rings. The number of hydrogen-bond donors (Lipinski definition) is 0. The molecule has 2 unspecified atom stereocenters. The Bertz CT molecular complexity index is 859. The lowest BCUT2D eigenvalue weighted by atomic mass is 9.75. The van der Waals surface area contributed by atoms with E-state index < -0.39 is 0 Å². The monoisotopic (exact) mass is 436 g/mol. The zero-order valence-corrected chi connectivity index (χ0v) is 19.4. The molecule has 2 aliphatic rings. The molecule has 2 nitrogen and oxygen atoms in total. The summed E-state index contributed by atoms with van der Waals surface area (Å²) < 4.78 is 25.8. The quantitative estimate of drug-likeness (QED) is 0.391. The van der Waals surface area contributed by atoms with Gasteiger partial charge in [-0.1, -0.05) is 36.4 Å². The van der Waals surface area contributed by atoms with Crippen molar-refractivity contribution in [2.45, 2.75) is 70.3 Å². The minimum absolute atomic E-state index is 0.302. The number of halogens is 1. The van der Waals surface area contributed by atoms with Gasteiger partial charge in [0, 0.05) is 6.61 Å². The normalized spacial score (nSPS) is 25.9. The predicted octanol–water partition coefficient (Wildman–Crippen LogP) is 7.93. The van der Waals surface area contributed by atoms with Gasteiger partial charge in [-0.05, 0) is 105 Å². The van der Waals surface area contributed by atoms with Gasteiger partial charge in [0.15, 0.2) is 11.6 Å². The number of benzene rings is 2. The van der Waals surface area contributed by atoms with Crippen LogP contribution in [0.5, 0.6) is 5.75 Å². The molecule has 1 aliphatic carbocycles. The van der Waals surface area contributed by atoms with Gasteiger partial charge in [-0.25, -0.2) is 4.39 Å². The molecule has 0 radical (unpaired) electrons.